The van der Waals surface area contributed by atoms with Crippen LogP contribution in [0, 0.1) is 0 Å². The molecule has 4 aromatic rings. The third kappa shape index (κ3) is 7.78. The van der Waals surface area contributed by atoms with E-state index in [2.05, 4.69) is 86.8 Å². The van der Waals surface area contributed by atoms with Crippen LogP contribution in [-0.2, 0) is 13.0 Å². The summed E-state index contributed by atoms with van der Waals surface area (Å²) in [5, 5.41) is 2.51. The number of para-hydroxylation sites is 1. The predicted molar refractivity (Wildman–Crippen MR) is 174 cm³/mol. The number of hydrogen-bond acceptors (Lipinski definition) is 6. The molecule has 0 atom stereocenters. The largest absolute Gasteiger partial charge is 0.497 e. The zero-order chi connectivity index (χ0) is 29.3. The van der Waals surface area contributed by atoms with Crippen LogP contribution in [0.2, 0.25) is 0 Å². The van der Waals surface area contributed by atoms with Crippen LogP contribution >= 0.6 is 0 Å². The summed E-state index contributed by atoms with van der Waals surface area (Å²) in [4.78, 5) is 21.1. The average Bonchev–Trinajstić information content (AvgIpc) is 3.35. The van der Waals surface area contributed by atoms with Crippen molar-refractivity contribution in [3.8, 4) is 5.75 Å². The molecule has 3 aromatic carbocycles. The van der Waals surface area contributed by atoms with Gasteiger partial charge in [-0.15, -0.1) is 0 Å². The Bertz CT molecular complexity index is 1430. The molecular formula is C35H47N5O2. The fraction of sp³-hybridized carbons (Fsp3) is 0.457. The zero-order valence-electron chi connectivity index (χ0n) is 25.7. The number of nitrogens with zero attached hydrogens (tertiary/aromatic N) is 5. The number of carbonyl (C=O) groups excluding carboxylic acids is 1. The number of aryl methyl sites for hydroxylation is 1. The van der Waals surface area contributed by atoms with Gasteiger partial charge < -0.3 is 28.9 Å². The molecule has 2 fully saturated rings. The summed E-state index contributed by atoms with van der Waals surface area (Å²) < 4.78 is 7.62. The summed E-state index contributed by atoms with van der Waals surface area (Å²) in [6.07, 6.45) is 3.18. The van der Waals surface area contributed by atoms with Gasteiger partial charge in [0, 0.05) is 92.8 Å². The smallest absolute Gasteiger partial charge is 0.150 e. The van der Waals surface area contributed by atoms with Crippen molar-refractivity contribution >= 4 is 28.1 Å². The van der Waals surface area contributed by atoms with Gasteiger partial charge in [0.25, 0.3) is 0 Å². The van der Waals surface area contributed by atoms with E-state index in [0.717, 1.165) is 63.2 Å². The number of benzene rings is 3. The normalized spacial score (nSPS) is 17.3. The molecule has 0 radical (unpaired) electrons. The number of carbonyl (C=O) groups is 1. The molecule has 6 rings (SSSR count). The molecule has 0 saturated carbocycles. The number of hydrogen-bond donors (Lipinski definition) is 0. The van der Waals surface area contributed by atoms with E-state index in [0.29, 0.717) is 0 Å². The molecule has 3 heterocycles. The number of aldehydes is 1. The highest BCUT2D eigenvalue weighted by atomic mass is 16.5. The minimum Gasteiger partial charge on any atom is -0.497 e. The maximum Gasteiger partial charge on any atom is 0.150 e. The first-order valence-corrected chi connectivity index (χ1v) is 15.4. The molecule has 2 aliphatic rings. The molecule has 0 spiro atoms. The molecule has 224 valence electrons. The van der Waals surface area contributed by atoms with Gasteiger partial charge in [-0.2, -0.15) is 0 Å². The Hall–Kier alpha value is -3.23. The highest BCUT2D eigenvalue weighted by Gasteiger charge is 2.15. The molecular weight excluding hydrogens is 522 g/mol. The number of piperazine rings is 2. The van der Waals surface area contributed by atoms with E-state index in [9.17, 15) is 4.79 Å². The minimum absolute atomic E-state index is 0.746. The molecule has 0 aliphatic carbocycles. The van der Waals surface area contributed by atoms with Crippen molar-refractivity contribution in [2.45, 2.75) is 19.4 Å². The second-order valence-electron chi connectivity index (χ2n) is 11.8. The van der Waals surface area contributed by atoms with Gasteiger partial charge in [0.15, 0.2) is 0 Å². The summed E-state index contributed by atoms with van der Waals surface area (Å²) in [6.45, 7) is 12.7. The standard InChI is InChI=1S/C21H25N3O.C14H22N2O/c1-22-11-13-23(14-12-22)9-4-10-24-20-6-3-2-5-18(20)19-8-7-17(16-25)15-21(19)24;1-15-8-10-16(11-9-15)7-6-13-4-3-5-14(12-13)17-2/h2-3,5-8,15-16H,4,9-14H2,1H3;3-5,12H,6-11H2,1-2H3. The molecule has 2 aliphatic heterocycles. The Morgan fingerprint density at radius 2 is 1.36 bits per heavy atom. The van der Waals surface area contributed by atoms with Crippen molar-refractivity contribution < 1.29 is 9.53 Å². The molecule has 2 saturated heterocycles. The second-order valence-corrected chi connectivity index (χ2v) is 11.8. The summed E-state index contributed by atoms with van der Waals surface area (Å²) in [5.74, 6) is 0.959. The molecule has 7 heteroatoms. The molecule has 1 aromatic heterocycles. The number of aromatic nitrogens is 1. The summed E-state index contributed by atoms with van der Waals surface area (Å²) in [7, 11) is 6.11. The predicted octanol–water partition coefficient (Wildman–Crippen LogP) is 4.73. The first-order valence-electron chi connectivity index (χ1n) is 15.4. The van der Waals surface area contributed by atoms with Crippen LogP contribution in [0.1, 0.15) is 22.3 Å². The van der Waals surface area contributed by atoms with Crippen LogP contribution in [0.4, 0.5) is 0 Å². The van der Waals surface area contributed by atoms with Crippen LogP contribution in [0.3, 0.4) is 0 Å². The average molecular weight is 570 g/mol. The van der Waals surface area contributed by atoms with E-state index < -0.39 is 0 Å². The van der Waals surface area contributed by atoms with Crippen molar-refractivity contribution in [2.75, 3.05) is 86.7 Å². The minimum atomic E-state index is 0.746. The number of rotatable bonds is 9. The lowest BCUT2D eigenvalue weighted by atomic mass is 10.1. The first-order chi connectivity index (χ1) is 20.5. The Balaban J connectivity index is 0.000000181. The van der Waals surface area contributed by atoms with Gasteiger partial charge in [-0.05, 0) is 63.3 Å². The van der Waals surface area contributed by atoms with Crippen LogP contribution in [0.5, 0.6) is 5.75 Å². The number of ether oxygens (including phenoxy) is 1. The third-order valence-electron chi connectivity index (χ3n) is 8.83. The SMILES string of the molecule is CN1CCN(CCCn2c3ccccc3c3ccc(C=O)cc32)CC1.COc1cccc(CCN2CCN(C)CC2)c1. The monoisotopic (exact) mass is 569 g/mol. The van der Waals surface area contributed by atoms with E-state index >= 15 is 0 Å². The Morgan fingerprint density at radius 3 is 2.05 bits per heavy atom. The highest BCUT2D eigenvalue weighted by Crippen LogP contribution is 2.29. The van der Waals surface area contributed by atoms with Crippen LogP contribution in [0.25, 0.3) is 21.8 Å². The molecule has 0 amide bonds. The van der Waals surface area contributed by atoms with E-state index in [1.165, 1.54) is 66.6 Å². The fourth-order valence-corrected chi connectivity index (χ4v) is 6.09. The van der Waals surface area contributed by atoms with Crippen molar-refractivity contribution in [1.82, 2.24) is 24.2 Å². The fourth-order valence-electron chi connectivity index (χ4n) is 6.09. The molecule has 7 nitrogen and oxygen atoms in total. The van der Waals surface area contributed by atoms with Gasteiger partial charge in [0.1, 0.15) is 12.0 Å². The van der Waals surface area contributed by atoms with E-state index in [4.69, 9.17) is 4.74 Å². The lowest BCUT2D eigenvalue weighted by Crippen LogP contribution is -2.45. The van der Waals surface area contributed by atoms with Crippen LogP contribution in [-0.4, -0.2) is 117 Å². The van der Waals surface area contributed by atoms with Crippen molar-refractivity contribution in [3.05, 3.63) is 77.9 Å². The van der Waals surface area contributed by atoms with Crippen molar-refractivity contribution in [3.63, 3.8) is 0 Å². The Labute approximate surface area is 251 Å². The van der Waals surface area contributed by atoms with E-state index in [1.54, 1.807) is 7.11 Å². The molecule has 42 heavy (non-hydrogen) atoms. The second kappa shape index (κ2) is 14.8. The summed E-state index contributed by atoms with van der Waals surface area (Å²) in [5.41, 5.74) is 4.54. The molecule has 0 bridgehead atoms. The van der Waals surface area contributed by atoms with E-state index in [-0.39, 0.29) is 0 Å². The van der Waals surface area contributed by atoms with E-state index in [1.807, 2.05) is 18.2 Å². The van der Waals surface area contributed by atoms with Crippen molar-refractivity contribution in [2.24, 2.45) is 0 Å². The highest BCUT2D eigenvalue weighted by molar-refractivity contribution is 6.09. The van der Waals surface area contributed by atoms with Crippen LogP contribution < -0.4 is 4.74 Å². The van der Waals surface area contributed by atoms with Gasteiger partial charge in [-0.25, -0.2) is 0 Å². The van der Waals surface area contributed by atoms with Gasteiger partial charge in [-0.3, -0.25) is 4.79 Å². The lowest BCUT2D eigenvalue weighted by molar-refractivity contribution is 0.112. The number of fused-ring (bicyclic) bond motifs is 3. The zero-order valence-corrected chi connectivity index (χ0v) is 25.7. The van der Waals surface area contributed by atoms with Gasteiger partial charge in [0.05, 0.1) is 7.11 Å². The Kier molecular flexibility index (Phi) is 10.6. The van der Waals surface area contributed by atoms with Crippen LogP contribution in [0.15, 0.2) is 66.7 Å². The summed E-state index contributed by atoms with van der Waals surface area (Å²) in [6, 6.07) is 22.9. The topological polar surface area (TPSA) is 44.2 Å². The van der Waals surface area contributed by atoms with Gasteiger partial charge in [0.2, 0.25) is 0 Å². The van der Waals surface area contributed by atoms with Gasteiger partial charge >= 0.3 is 0 Å². The Morgan fingerprint density at radius 1 is 0.690 bits per heavy atom. The third-order valence-corrected chi connectivity index (χ3v) is 8.83. The van der Waals surface area contributed by atoms with Crippen molar-refractivity contribution in [1.29, 1.82) is 0 Å². The first kappa shape index (κ1) is 30.2. The molecule has 0 unspecified atom stereocenters. The summed E-state index contributed by atoms with van der Waals surface area (Å²) >= 11 is 0. The number of likely N-dealkylation sites (N-methyl/N-ethyl adjacent to an activating group) is 2. The van der Waals surface area contributed by atoms with Gasteiger partial charge in [-0.1, -0.05) is 42.5 Å². The molecule has 0 N–H and O–H groups in total. The number of methoxy groups -OCH3 is 1. The maximum atomic E-state index is 11.2. The maximum absolute atomic E-state index is 11.2. The lowest BCUT2D eigenvalue weighted by Gasteiger charge is -2.32. The quantitative estimate of drug-likeness (QED) is 0.272.